The maximum absolute atomic E-state index is 13.5. The average Bonchev–Trinajstić information content (AvgIpc) is 2.27. The van der Waals surface area contributed by atoms with Crippen LogP contribution in [0.1, 0.15) is 12.5 Å². The molecule has 0 aliphatic heterocycles. The molecule has 4 nitrogen and oxygen atoms in total. The maximum Gasteiger partial charge on any atom is 0.241 e. The third kappa shape index (κ3) is 3.39. The van der Waals surface area contributed by atoms with Crippen molar-refractivity contribution in [1.82, 2.24) is 5.32 Å². The lowest BCUT2D eigenvalue weighted by atomic mass is 10.2. The van der Waals surface area contributed by atoms with Crippen molar-refractivity contribution in [3.05, 3.63) is 29.6 Å². The average molecular weight is 255 g/mol. The number of carbonyl (C=O) groups is 1. The van der Waals surface area contributed by atoms with Crippen molar-refractivity contribution in [1.29, 1.82) is 0 Å². The van der Waals surface area contributed by atoms with Crippen LogP contribution in [0.25, 0.3) is 0 Å². The molecule has 4 N–H and O–H groups in total. The first-order chi connectivity index (χ1) is 7.95. The van der Waals surface area contributed by atoms with Crippen LogP contribution in [0.5, 0.6) is 0 Å². The molecule has 6 heteroatoms. The fraction of sp³-hybridized carbons (Fsp3) is 0.273. The number of amides is 1. The molecule has 1 aromatic carbocycles. The van der Waals surface area contributed by atoms with Crippen LogP contribution < -0.4 is 16.4 Å². The number of anilines is 1. The monoisotopic (exact) mass is 255 g/mol. The number of hydrogen-bond donors (Lipinski definition) is 3. The Labute approximate surface area is 104 Å². The Morgan fingerprint density at radius 1 is 1.53 bits per heavy atom. The first kappa shape index (κ1) is 13.4. The number of hydrogen-bond acceptors (Lipinski definition) is 3. The quantitative estimate of drug-likeness (QED) is 0.702. The van der Waals surface area contributed by atoms with E-state index in [-0.39, 0.29) is 16.5 Å². The van der Waals surface area contributed by atoms with Crippen molar-refractivity contribution in [3.8, 4) is 0 Å². The molecule has 1 amide bonds. The van der Waals surface area contributed by atoms with Gasteiger partial charge in [0.25, 0.3) is 0 Å². The van der Waals surface area contributed by atoms with Crippen molar-refractivity contribution in [2.75, 3.05) is 12.4 Å². The second-order valence-electron chi connectivity index (χ2n) is 3.54. The molecule has 0 fully saturated rings. The van der Waals surface area contributed by atoms with Gasteiger partial charge in [0, 0.05) is 18.3 Å². The smallest absolute Gasteiger partial charge is 0.241 e. The number of thiocarbonyl (C=S) groups is 1. The third-order valence-electron chi connectivity index (χ3n) is 2.26. The molecular formula is C11H14FN3OS. The van der Waals surface area contributed by atoms with Crippen LogP contribution in [0, 0.1) is 5.82 Å². The van der Waals surface area contributed by atoms with Gasteiger partial charge in [0.2, 0.25) is 5.91 Å². The largest absolute Gasteiger partial charge is 0.389 e. The minimum Gasteiger partial charge on any atom is -0.389 e. The molecule has 1 atom stereocenters. The lowest BCUT2D eigenvalue weighted by Crippen LogP contribution is -2.35. The highest BCUT2D eigenvalue weighted by Gasteiger charge is 2.12. The highest BCUT2D eigenvalue weighted by molar-refractivity contribution is 7.80. The summed E-state index contributed by atoms with van der Waals surface area (Å²) in [6.07, 6.45) is 0. The predicted octanol–water partition coefficient (Wildman–Crippen LogP) is 1.01. The van der Waals surface area contributed by atoms with Crippen LogP contribution in [-0.2, 0) is 4.79 Å². The van der Waals surface area contributed by atoms with E-state index in [0.29, 0.717) is 5.69 Å². The van der Waals surface area contributed by atoms with Gasteiger partial charge in [0.15, 0.2) is 0 Å². The molecule has 0 aromatic heterocycles. The Balaban J connectivity index is 2.84. The maximum atomic E-state index is 13.5. The molecule has 0 aliphatic rings. The zero-order valence-corrected chi connectivity index (χ0v) is 10.4. The molecule has 17 heavy (non-hydrogen) atoms. The Kier molecular flexibility index (Phi) is 4.39. The van der Waals surface area contributed by atoms with Crippen molar-refractivity contribution in [3.63, 3.8) is 0 Å². The van der Waals surface area contributed by atoms with E-state index in [1.807, 2.05) is 0 Å². The zero-order chi connectivity index (χ0) is 13.0. The standard InChI is InChI=1S/C11H14FN3OS/c1-6(11(16)14-2)15-7-3-4-8(10(13)17)9(12)5-7/h3-6,15H,1-2H3,(H2,13,17)(H,14,16). The van der Waals surface area contributed by atoms with Crippen LogP contribution in [0.4, 0.5) is 10.1 Å². The minimum absolute atomic E-state index is 0.00778. The molecule has 1 aromatic rings. The lowest BCUT2D eigenvalue weighted by molar-refractivity contribution is -0.121. The number of rotatable bonds is 4. The van der Waals surface area contributed by atoms with E-state index >= 15 is 0 Å². The molecule has 0 saturated carbocycles. The fourth-order valence-corrected chi connectivity index (χ4v) is 1.50. The highest BCUT2D eigenvalue weighted by atomic mass is 32.1. The van der Waals surface area contributed by atoms with Gasteiger partial charge in [-0.25, -0.2) is 4.39 Å². The molecule has 0 bridgehead atoms. The summed E-state index contributed by atoms with van der Waals surface area (Å²) in [5.74, 6) is -0.685. The molecule has 0 aliphatic carbocycles. The van der Waals surface area contributed by atoms with Crippen LogP contribution in [0.15, 0.2) is 18.2 Å². The van der Waals surface area contributed by atoms with Crippen molar-refractivity contribution < 1.29 is 9.18 Å². The summed E-state index contributed by atoms with van der Waals surface area (Å²) in [7, 11) is 1.54. The normalized spacial score (nSPS) is 11.7. The molecule has 0 spiro atoms. The van der Waals surface area contributed by atoms with Gasteiger partial charge in [-0.2, -0.15) is 0 Å². The molecule has 92 valence electrons. The van der Waals surface area contributed by atoms with E-state index in [2.05, 4.69) is 10.6 Å². The predicted molar refractivity (Wildman–Crippen MR) is 69.4 cm³/mol. The van der Waals surface area contributed by atoms with E-state index in [1.54, 1.807) is 13.0 Å². The van der Waals surface area contributed by atoms with E-state index < -0.39 is 11.9 Å². The minimum atomic E-state index is -0.508. The summed E-state index contributed by atoms with van der Waals surface area (Å²) in [4.78, 5) is 11.3. The fourth-order valence-electron chi connectivity index (χ4n) is 1.34. The number of benzene rings is 1. The number of carbonyl (C=O) groups excluding carboxylic acids is 1. The van der Waals surface area contributed by atoms with E-state index in [1.165, 1.54) is 19.2 Å². The first-order valence-corrected chi connectivity index (χ1v) is 5.44. The van der Waals surface area contributed by atoms with Crippen LogP contribution in [0.2, 0.25) is 0 Å². The molecule has 0 heterocycles. The third-order valence-corrected chi connectivity index (χ3v) is 2.48. The SMILES string of the molecule is CNC(=O)C(C)Nc1ccc(C(N)=S)c(F)c1. The van der Waals surface area contributed by atoms with Crippen LogP contribution in [0.3, 0.4) is 0 Å². The molecule has 1 unspecified atom stereocenters. The van der Waals surface area contributed by atoms with Crippen LogP contribution >= 0.6 is 12.2 Å². The summed E-state index contributed by atoms with van der Waals surface area (Å²) in [5, 5.41) is 5.36. The molecule has 0 radical (unpaired) electrons. The summed E-state index contributed by atoms with van der Waals surface area (Å²) in [6.45, 7) is 1.68. The van der Waals surface area contributed by atoms with Gasteiger partial charge in [-0.3, -0.25) is 4.79 Å². The van der Waals surface area contributed by atoms with E-state index in [4.69, 9.17) is 18.0 Å². The number of likely N-dealkylation sites (N-methyl/N-ethyl adjacent to an activating group) is 1. The summed E-state index contributed by atoms with van der Waals surface area (Å²) in [5.41, 5.74) is 6.03. The second kappa shape index (κ2) is 5.58. The van der Waals surface area contributed by atoms with Gasteiger partial charge >= 0.3 is 0 Å². The number of nitrogens with two attached hydrogens (primary N) is 1. The zero-order valence-electron chi connectivity index (χ0n) is 9.58. The van der Waals surface area contributed by atoms with Gasteiger partial charge < -0.3 is 16.4 Å². The summed E-state index contributed by atoms with van der Waals surface area (Å²) in [6, 6.07) is 3.91. The molecule has 0 saturated heterocycles. The first-order valence-electron chi connectivity index (χ1n) is 5.03. The van der Waals surface area contributed by atoms with Gasteiger partial charge in [0.05, 0.1) is 0 Å². The highest BCUT2D eigenvalue weighted by Crippen LogP contribution is 2.15. The topological polar surface area (TPSA) is 67.2 Å². The Hall–Kier alpha value is -1.69. The van der Waals surface area contributed by atoms with Crippen molar-refractivity contribution in [2.24, 2.45) is 5.73 Å². The van der Waals surface area contributed by atoms with Gasteiger partial charge in [-0.1, -0.05) is 12.2 Å². The Bertz CT molecular complexity index is 450. The van der Waals surface area contributed by atoms with E-state index in [0.717, 1.165) is 0 Å². The van der Waals surface area contributed by atoms with E-state index in [9.17, 15) is 9.18 Å². The van der Waals surface area contributed by atoms with Crippen LogP contribution in [-0.4, -0.2) is 24.0 Å². The van der Waals surface area contributed by atoms with Gasteiger partial charge in [-0.05, 0) is 25.1 Å². The van der Waals surface area contributed by atoms with Crippen molar-refractivity contribution >= 4 is 28.8 Å². The number of nitrogens with one attached hydrogen (secondary N) is 2. The lowest BCUT2D eigenvalue weighted by Gasteiger charge is -2.14. The Morgan fingerprint density at radius 3 is 2.65 bits per heavy atom. The number of halogens is 1. The second-order valence-corrected chi connectivity index (χ2v) is 3.98. The van der Waals surface area contributed by atoms with Crippen molar-refractivity contribution in [2.45, 2.75) is 13.0 Å². The summed E-state index contributed by atoms with van der Waals surface area (Å²) >= 11 is 4.69. The van der Waals surface area contributed by atoms with Gasteiger partial charge in [0.1, 0.15) is 16.8 Å². The Morgan fingerprint density at radius 2 is 2.18 bits per heavy atom. The van der Waals surface area contributed by atoms with Gasteiger partial charge in [-0.15, -0.1) is 0 Å². The molecule has 1 rings (SSSR count). The summed E-state index contributed by atoms with van der Waals surface area (Å²) < 4.78 is 13.5. The molecular weight excluding hydrogens is 241 g/mol.